The first-order valence-electron chi connectivity index (χ1n) is 9.32. The number of hydrogen-bond acceptors (Lipinski definition) is 3. The lowest BCUT2D eigenvalue weighted by atomic mass is 9.83. The maximum atomic E-state index is 13.3. The normalized spacial score (nSPS) is 20.4. The largest absolute Gasteiger partial charge is 0.497 e. The SMILES string of the molecule is COc1ccc(C(C(=O)N2CCC(C(N)=O)CC2)C2CCCC2)cc1. The Balaban J connectivity index is 1.77. The Labute approximate surface area is 149 Å². The summed E-state index contributed by atoms with van der Waals surface area (Å²) in [6.07, 6.45) is 5.99. The number of nitrogens with two attached hydrogens (primary N) is 1. The highest BCUT2D eigenvalue weighted by atomic mass is 16.5. The van der Waals surface area contributed by atoms with Gasteiger partial charge in [-0.05, 0) is 49.3 Å². The zero-order chi connectivity index (χ0) is 17.8. The van der Waals surface area contributed by atoms with Crippen LogP contribution in [-0.4, -0.2) is 36.9 Å². The van der Waals surface area contributed by atoms with Crippen LogP contribution >= 0.6 is 0 Å². The fourth-order valence-corrected chi connectivity index (χ4v) is 4.30. The molecule has 1 unspecified atom stereocenters. The Morgan fingerprint density at radius 2 is 1.68 bits per heavy atom. The van der Waals surface area contributed by atoms with E-state index >= 15 is 0 Å². The molecule has 2 aliphatic rings. The van der Waals surface area contributed by atoms with Crippen LogP contribution in [0.25, 0.3) is 0 Å². The number of primary amides is 1. The van der Waals surface area contributed by atoms with Crippen molar-refractivity contribution in [1.82, 2.24) is 4.90 Å². The molecule has 1 aliphatic carbocycles. The molecule has 2 fully saturated rings. The number of rotatable bonds is 5. The fourth-order valence-electron chi connectivity index (χ4n) is 4.30. The summed E-state index contributed by atoms with van der Waals surface area (Å²) < 4.78 is 5.25. The van der Waals surface area contributed by atoms with E-state index in [0.29, 0.717) is 31.8 Å². The van der Waals surface area contributed by atoms with Crippen LogP contribution in [0, 0.1) is 11.8 Å². The predicted molar refractivity (Wildman–Crippen MR) is 96.2 cm³/mol. The van der Waals surface area contributed by atoms with Crippen molar-refractivity contribution < 1.29 is 14.3 Å². The van der Waals surface area contributed by atoms with Crippen molar-refractivity contribution in [2.45, 2.75) is 44.4 Å². The Bertz CT molecular complexity index is 600. The van der Waals surface area contributed by atoms with Crippen molar-refractivity contribution in [2.24, 2.45) is 17.6 Å². The smallest absolute Gasteiger partial charge is 0.230 e. The molecule has 5 heteroatoms. The van der Waals surface area contributed by atoms with Crippen LogP contribution in [0.5, 0.6) is 5.75 Å². The van der Waals surface area contributed by atoms with E-state index in [9.17, 15) is 9.59 Å². The molecule has 1 saturated carbocycles. The number of nitrogens with zero attached hydrogens (tertiary/aromatic N) is 1. The highest BCUT2D eigenvalue weighted by Crippen LogP contribution is 2.39. The summed E-state index contributed by atoms with van der Waals surface area (Å²) in [5.41, 5.74) is 6.49. The van der Waals surface area contributed by atoms with Crippen LogP contribution in [0.1, 0.15) is 50.0 Å². The lowest BCUT2D eigenvalue weighted by Crippen LogP contribution is -2.44. The van der Waals surface area contributed by atoms with Gasteiger partial charge >= 0.3 is 0 Å². The van der Waals surface area contributed by atoms with Crippen LogP contribution < -0.4 is 10.5 Å². The zero-order valence-electron chi connectivity index (χ0n) is 14.9. The van der Waals surface area contributed by atoms with Gasteiger partial charge in [0.25, 0.3) is 0 Å². The quantitative estimate of drug-likeness (QED) is 0.892. The number of amides is 2. The summed E-state index contributed by atoms with van der Waals surface area (Å²) >= 11 is 0. The van der Waals surface area contributed by atoms with E-state index in [1.54, 1.807) is 7.11 Å². The van der Waals surface area contributed by atoms with Gasteiger partial charge in [0.15, 0.2) is 0 Å². The third-order valence-electron chi connectivity index (χ3n) is 5.82. The number of carbonyl (C=O) groups is 2. The van der Waals surface area contributed by atoms with Gasteiger partial charge in [0.05, 0.1) is 13.0 Å². The van der Waals surface area contributed by atoms with Crippen molar-refractivity contribution in [3.8, 4) is 5.75 Å². The third-order valence-corrected chi connectivity index (χ3v) is 5.82. The molecule has 1 saturated heterocycles. The number of likely N-dealkylation sites (tertiary alicyclic amines) is 1. The van der Waals surface area contributed by atoms with Crippen LogP contribution in [-0.2, 0) is 9.59 Å². The predicted octanol–water partition coefficient (Wildman–Crippen LogP) is 2.69. The van der Waals surface area contributed by atoms with Crippen molar-refractivity contribution in [1.29, 1.82) is 0 Å². The van der Waals surface area contributed by atoms with E-state index < -0.39 is 0 Å². The molecule has 1 atom stereocenters. The minimum absolute atomic E-state index is 0.0847. The van der Waals surface area contributed by atoms with Gasteiger partial charge in [-0.3, -0.25) is 9.59 Å². The first kappa shape index (κ1) is 17.8. The van der Waals surface area contributed by atoms with Crippen molar-refractivity contribution in [2.75, 3.05) is 20.2 Å². The second kappa shape index (κ2) is 7.89. The number of benzene rings is 1. The topological polar surface area (TPSA) is 72.6 Å². The maximum Gasteiger partial charge on any atom is 0.230 e. The van der Waals surface area contributed by atoms with Gasteiger partial charge < -0.3 is 15.4 Å². The monoisotopic (exact) mass is 344 g/mol. The fraction of sp³-hybridized carbons (Fsp3) is 0.600. The van der Waals surface area contributed by atoms with Gasteiger partial charge in [0, 0.05) is 19.0 Å². The number of carbonyl (C=O) groups excluding carboxylic acids is 2. The molecule has 0 aromatic heterocycles. The highest BCUT2D eigenvalue weighted by molar-refractivity contribution is 5.85. The molecule has 2 N–H and O–H groups in total. The summed E-state index contributed by atoms with van der Waals surface area (Å²) in [6, 6.07) is 7.92. The van der Waals surface area contributed by atoms with Crippen molar-refractivity contribution >= 4 is 11.8 Å². The first-order chi connectivity index (χ1) is 12.1. The van der Waals surface area contributed by atoms with Gasteiger partial charge in [0.1, 0.15) is 5.75 Å². The number of piperidine rings is 1. The van der Waals surface area contributed by atoms with Gasteiger partial charge in [0.2, 0.25) is 11.8 Å². The first-order valence-corrected chi connectivity index (χ1v) is 9.32. The van der Waals surface area contributed by atoms with Crippen molar-refractivity contribution in [3.63, 3.8) is 0 Å². The van der Waals surface area contributed by atoms with Gasteiger partial charge in [-0.15, -0.1) is 0 Å². The Kier molecular flexibility index (Phi) is 5.61. The summed E-state index contributed by atoms with van der Waals surface area (Å²) in [4.78, 5) is 26.6. The molecule has 2 amide bonds. The molecule has 1 aliphatic heterocycles. The van der Waals surface area contributed by atoms with Crippen LogP contribution in [0.2, 0.25) is 0 Å². The minimum Gasteiger partial charge on any atom is -0.497 e. The molecule has 25 heavy (non-hydrogen) atoms. The molecular formula is C20H28N2O3. The number of methoxy groups -OCH3 is 1. The second-order valence-electron chi connectivity index (χ2n) is 7.30. The zero-order valence-corrected chi connectivity index (χ0v) is 14.9. The molecular weight excluding hydrogens is 316 g/mol. The lowest BCUT2D eigenvalue weighted by molar-refractivity contribution is -0.137. The Morgan fingerprint density at radius 1 is 1.08 bits per heavy atom. The van der Waals surface area contributed by atoms with Crippen LogP contribution in [0.4, 0.5) is 0 Å². The van der Waals surface area contributed by atoms with Gasteiger partial charge in [-0.25, -0.2) is 0 Å². The van der Waals surface area contributed by atoms with Crippen LogP contribution in [0.15, 0.2) is 24.3 Å². The summed E-state index contributed by atoms with van der Waals surface area (Å²) in [7, 11) is 1.65. The summed E-state index contributed by atoms with van der Waals surface area (Å²) in [5, 5.41) is 0. The lowest BCUT2D eigenvalue weighted by Gasteiger charge is -2.35. The highest BCUT2D eigenvalue weighted by Gasteiger charge is 2.36. The second-order valence-corrected chi connectivity index (χ2v) is 7.30. The molecule has 1 aromatic rings. The number of hydrogen-bond donors (Lipinski definition) is 1. The van der Waals surface area contributed by atoms with E-state index in [0.717, 1.165) is 24.2 Å². The average Bonchev–Trinajstić information content (AvgIpc) is 3.16. The third kappa shape index (κ3) is 3.97. The molecule has 1 heterocycles. The Morgan fingerprint density at radius 3 is 2.20 bits per heavy atom. The summed E-state index contributed by atoms with van der Waals surface area (Å²) in [6.45, 7) is 1.26. The Hall–Kier alpha value is -2.04. The van der Waals surface area contributed by atoms with Gasteiger partial charge in [-0.1, -0.05) is 25.0 Å². The maximum absolute atomic E-state index is 13.3. The van der Waals surface area contributed by atoms with E-state index in [1.807, 2.05) is 29.2 Å². The average molecular weight is 344 g/mol. The van der Waals surface area contributed by atoms with E-state index in [4.69, 9.17) is 10.5 Å². The van der Waals surface area contributed by atoms with E-state index in [2.05, 4.69) is 0 Å². The van der Waals surface area contributed by atoms with E-state index in [1.165, 1.54) is 12.8 Å². The molecule has 136 valence electrons. The molecule has 0 radical (unpaired) electrons. The van der Waals surface area contributed by atoms with Gasteiger partial charge in [-0.2, -0.15) is 0 Å². The number of ether oxygens (including phenoxy) is 1. The van der Waals surface area contributed by atoms with Crippen molar-refractivity contribution in [3.05, 3.63) is 29.8 Å². The molecule has 3 rings (SSSR count). The molecule has 1 aromatic carbocycles. The molecule has 5 nitrogen and oxygen atoms in total. The molecule has 0 spiro atoms. The minimum atomic E-state index is -0.241. The van der Waals surface area contributed by atoms with Crippen LogP contribution in [0.3, 0.4) is 0 Å². The molecule has 0 bridgehead atoms. The standard InChI is InChI=1S/C20H28N2O3/c1-25-17-8-6-15(7-9-17)18(14-4-2-3-5-14)20(24)22-12-10-16(11-13-22)19(21)23/h6-9,14,16,18H,2-5,10-13H2,1H3,(H2,21,23). The summed E-state index contributed by atoms with van der Waals surface area (Å²) in [5.74, 6) is 1.02. The van der Waals surface area contributed by atoms with E-state index in [-0.39, 0.29) is 23.7 Å².